The van der Waals surface area contributed by atoms with E-state index < -0.39 is 15.9 Å². The summed E-state index contributed by atoms with van der Waals surface area (Å²) in [5.41, 5.74) is 1.50. The normalized spacial score (nSPS) is 16.6. The second-order valence-corrected chi connectivity index (χ2v) is 11.7. The number of anilines is 1. The molecular weight excluding hydrogens is 514 g/mol. The standard InChI is InChI=1S/C25H27N5O5S2/c1-16-13-23(30(28-16)25-26-21-14-19(35-3)8-11-22(21)36-25)27-24(31)17-5-4-12-29(15-17)37(32,33)20-9-6-18(34-2)7-10-20/h6-11,13-14,17H,4-5,12,15H2,1-3H3,(H,27,31). The lowest BCUT2D eigenvalue weighted by Gasteiger charge is -2.31. The maximum atomic E-state index is 13.3. The fraction of sp³-hybridized carbons (Fsp3) is 0.320. The van der Waals surface area contributed by atoms with Gasteiger partial charge in [0.2, 0.25) is 21.1 Å². The molecule has 1 aliphatic rings. The quantitative estimate of drug-likeness (QED) is 0.378. The van der Waals surface area contributed by atoms with Crippen molar-refractivity contribution in [3.63, 3.8) is 0 Å². The number of benzene rings is 2. The number of ether oxygens (including phenoxy) is 2. The molecule has 4 aromatic rings. The van der Waals surface area contributed by atoms with Crippen LogP contribution in [0, 0.1) is 12.8 Å². The topological polar surface area (TPSA) is 116 Å². The van der Waals surface area contributed by atoms with E-state index in [-0.39, 0.29) is 17.3 Å². The molecule has 1 saturated heterocycles. The Kier molecular flexibility index (Phi) is 6.88. The van der Waals surface area contributed by atoms with Gasteiger partial charge >= 0.3 is 0 Å². The van der Waals surface area contributed by atoms with E-state index in [0.717, 1.165) is 15.9 Å². The number of carbonyl (C=O) groups is 1. The number of sulfonamides is 1. The lowest BCUT2D eigenvalue weighted by molar-refractivity contribution is -0.120. The van der Waals surface area contributed by atoms with Crippen LogP contribution >= 0.6 is 11.3 Å². The fourth-order valence-corrected chi connectivity index (χ4v) is 6.78. The highest BCUT2D eigenvalue weighted by molar-refractivity contribution is 7.89. The lowest BCUT2D eigenvalue weighted by Crippen LogP contribution is -2.43. The molecule has 194 valence electrons. The van der Waals surface area contributed by atoms with Crippen LogP contribution in [0.25, 0.3) is 15.3 Å². The van der Waals surface area contributed by atoms with E-state index in [0.29, 0.717) is 41.8 Å². The number of rotatable bonds is 7. The van der Waals surface area contributed by atoms with E-state index in [1.807, 2.05) is 25.1 Å². The molecule has 0 bridgehead atoms. The Balaban J connectivity index is 1.34. The summed E-state index contributed by atoms with van der Waals surface area (Å²) in [5, 5.41) is 8.10. The summed E-state index contributed by atoms with van der Waals surface area (Å²) < 4.78 is 40.8. The molecule has 1 amide bonds. The molecule has 1 fully saturated rings. The Labute approximate surface area is 218 Å². The van der Waals surface area contributed by atoms with Gasteiger partial charge in [0.25, 0.3) is 0 Å². The third kappa shape index (κ3) is 5.04. The van der Waals surface area contributed by atoms with Gasteiger partial charge in [0.05, 0.1) is 40.9 Å². The third-order valence-electron chi connectivity index (χ3n) is 6.30. The monoisotopic (exact) mass is 541 g/mol. The van der Waals surface area contributed by atoms with Crippen LogP contribution in [0.1, 0.15) is 18.5 Å². The van der Waals surface area contributed by atoms with Crippen molar-refractivity contribution >= 4 is 43.3 Å². The minimum atomic E-state index is -3.73. The lowest BCUT2D eigenvalue weighted by atomic mass is 9.99. The zero-order valence-corrected chi connectivity index (χ0v) is 22.3. The van der Waals surface area contributed by atoms with Gasteiger partial charge in [-0.1, -0.05) is 11.3 Å². The van der Waals surface area contributed by atoms with Crippen molar-refractivity contribution in [1.29, 1.82) is 0 Å². The average molecular weight is 542 g/mol. The predicted octanol–water partition coefficient (Wildman–Crippen LogP) is 3.85. The summed E-state index contributed by atoms with van der Waals surface area (Å²) in [6, 6.07) is 13.7. The fourth-order valence-electron chi connectivity index (χ4n) is 4.35. The number of aryl methyl sites for hydroxylation is 1. The van der Waals surface area contributed by atoms with Crippen LogP contribution < -0.4 is 14.8 Å². The highest BCUT2D eigenvalue weighted by atomic mass is 32.2. The third-order valence-corrected chi connectivity index (χ3v) is 9.19. The van der Waals surface area contributed by atoms with Gasteiger partial charge in [-0.25, -0.2) is 13.4 Å². The number of nitrogens with zero attached hydrogens (tertiary/aromatic N) is 4. The van der Waals surface area contributed by atoms with Gasteiger partial charge in [-0.2, -0.15) is 14.1 Å². The van der Waals surface area contributed by atoms with Crippen molar-refractivity contribution in [3.05, 3.63) is 54.2 Å². The van der Waals surface area contributed by atoms with Crippen LogP contribution in [0.5, 0.6) is 11.5 Å². The van der Waals surface area contributed by atoms with E-state index in [1.165, 1.54) is 34.9 Å². The maximum Gasteiger partial charge on any atom is 0.243 e. The molecule has 10 nitrogen and oxygen atoms in total. The summed E-state index contributed by atoms with van der Waals surface area (Å²) in [5.74, 6) is 1.03. The van der Waals surface area contributed by atoms with Crippen LogP contribution in [0.15, 0.2) is 53.4 Å². The molecule has 0 spiro atoms. The van der Waals surface area contributed by atoms with E-state index in [1.54, 1.807) is 30.0 Å². The van der Waals surface area contributed by atoms with Gasteiger partial charge in [-0.05, 0) is 56.2 Å². The van der Waals surface area contributed by atoms with Gasteiger partial charge in [0.1, 0.15) is 17.3 Å². The molecule has 2 aromatic heterocycles. The number of aromatic nitrogens is 3. The van der Waals surface area contributed by atoms with Gasteiger partial charge in [-0.15, -0.1) is 0 Å². The number of hydrogen-bond donors (Lipinski definition) is 1. The number of fused-ring (bicyclic) bond motifs is 1. The molecule has 12 heteroatoms. The number of carbonyl (C=O) groups excluding carboxylic acids is 1. The van der Waals surface area contributed by atoms with Gasteiger partial charge in [0.15, 0.2) is 0 Å². The minimum absolute atomic E-state index is 0.105. The van der Waals surface area contributed by atoms with E-state index in [2.05, 4.69) is 15.4 Å². The first-order valence-corrected chi connectivity index (χ1v) is 14.0. The van der Waals surface area contributed by atoms with Crippen molar-refractivity contribution < 1.29 is 22.7 Å². The van der Waals surface area contributed by atoms with E-state index in [9.17, 15) is 13.2 Å². The maximum absolute atomic E-state index is 13.3. The first kappa shape index (κ1) is 25.2. The van der Waals surface area contributed by atoms with Crippen LogP contribution in [0.3, 0.4) is 0 Å². The van der Waals surface area contributed by atoms with Crippen LogP contribution in [0.4, 0.5) is 5.82 Å². The Morgan fingerprint density at radius 2 is 1.81 bits per heavy atom. The average Bonchev–Trinajstić information content (AvgIpc) is 3.50. The number of thiazole rings is 1. The Bertz CT molecular complexity index is 1550. The van der Waals surface area contributed by atoms with Crippen LogP contribution in [-0.4, -0.2) is 60.7 Å². The molecule has 5 rings (SSSR count). The molecule has 0 aliphatic carbocycles. The smallest absolute Gasteiger partial charge is 0.243 e. The first-order valence-electron chi connectivity index (χ1n) is 11.7. The van der Waals surface area contributed by atoms with E-state index in [4.69, 9.17) is 9.47 Å². The Morgan fingerprint density at radius 1 is 1.08 bits per heavy atom. The minimum Gasteiger partial charge on any atom is -0.497 e. The number of hydrogen-bond acceptors (Lipinski definition) is 8. The second-order valence-electron chi connectivity index (χ2n) is 8.78. The second kappa shape index (κ2) is 10.1. The molecule has 37 heavy (non-hydrogen) atoms. The SMILES string of the molecule is COc1ccc(S(=O)(=O)N2CCCC(C(=O)Nc3cc(C)nn3-c3nc4cc(OC)ccc4s3)C2)cc1. The zero-order valence-electron chi connectivity index (χ0n) is 20.7. The molecule has 1 unspecified atom stereocenters. The molecule has 1 aliphatic heterocycles. The summed E-state index contributed by atoms with van der Waals surface area (Å²) >= 11 is 1.45. The molecular formula is C25H27N5O5S2. The van der Waals surface area contributed by atoms with E-state index >= 15 is 0 Å². The summed E-state index contributed by atoms with van der Waals surface area (Å²) in [6.07, 6.45) is 1.18. The highest BCUT2D eigenvalue weighted by Crippen LogP contribution is 2.31. The van der Waals surface area contributed by atoms with Gasteiger partial charge in [0, 0.05) is 25.2 Å². The summed E-state index contributed by atoms with van der Waals surface area (Å²) in [6.45, 7) is 2.31. The highest BCUT2D eigenvalue weighted by Gasteiger charge is 2.34. The van der Waals surface area contributed by atoms with Crippen molar-refractivity contribution in [2.75, 3.05) is 32.6 Å². The van der Waals surface area contributed by atoms with Crippen molar-refractivity contribution in [3.8, 4) is 16.6 Å². The van der Waals surface area contributed by atoms with Gasteiger partial charge in [-0.3, -0.25) is 4.79 Å². The van der Waals surface area contributed by atoms with Crippen molar-refractivity contribution in [1.82, 2.24) is 19.1 Å². The number of methoxy groups -OCH3 is 2. The number of piperidine rings is 1. The molecule has 0 radical (unpaired) electrons. The summed E-state index contributed by atoms with van der Waals surface area (Å²) in [7, 11) is -0.601. The Hall–Kier alpha value is -3.48. The Morgan fingerprint density at radius 3 is 2.54 bits per heavy atom. The first-order chi connectivity index (χ1) is 17.8. The summed E-state index contributed by atoms with van der Waals surface area (Å²) in [4.78, 5) is 18.1. The van der Waals surface area contributed by atoms with Crippen LogP contribution in [-0.2, 0) is 14.8 Å². The number of nitrogens with one attached hydrogen (secondary N) is 1. The molecule has 2 aromatic carbocycles. The molecule has 0 saturated carbocycles. The van der Waals surface area contributed by atoms with Crippen molar-refractivity contribution in [2.24, 2.45) is 5.92 Å². The predicted molar refractivity (Wildman–Crippen MR) is 141 cm³/mol. The molecule has 1 atom stereocenters. The zero-order chi connectivity index (χ0) is 26.2. The number of amides is 1. The molecule has 3 heterocycles. The van der Waals surface area contributed by atoms with Crippen molar-refractivity contribution in [2.45, 2.75) is 24.7 Å². The largest absolute Gasteiger partial charge is 0.497 e. The van der Waals surface area contributed by atoms with Crippen LogP contribution in [0.2, 0.25) is 0 Å². The molecule has 1 N–H and O–H groups in total. The van der Waals surface area contributed by atoms with Gasteiger partial charge < -0.3 is 14.8 Å².